The minimum atomic E-state index is -2.98. The molecule has 5 N–H and O–H groups in total. The lowest BCUT2D eigenvalue weighted by Gasteiger charge is -2.28. The van der Waals surface area contributed by atoms with Gasteiger partial charge in [-0.25, -0.2) is 9.97 Å². The summed E-state index contributed by atoms with van der Waals surface area (Å²) in [5, 5.41) is 18.1. The van der Waals surface area contributed by atoms with Gasteiger partial charge < -0.3 is 25.7 Å². The summed E-state index contributed by atoms with van der Waals surface area (Å²) in [6, 6.07) is 4.42. The first-order valence-electron chi connectivity index (χ1n) is 10.9. The molecule has 1 aliphatic heterocycles. The molecule has 1 aliphatic rings. The summed E-state index contributed by atoms with van der Waals surface area (Å²) in [5.41, 5.74) is 1.68. The van der Waals surface area contributed by atoms with Crippen molar-refractivity contribution in [3.8, 4) is 5.75 Å². The second-order valence-corrected chi connectivity index (χ2v) is 9.22. The summed E-state index contributed by atoms with van der Waals surface area (Å²) in [6.45, 7) is 5.08. The highest BCUT2D eigenvalue weighted by molar-refractivity contribution is 6.14. The Labute approximate surface area is 195 Å². The van der Waals surface area contributed by atoms with Crippen molar-refractivity contribution >= 4 is 28.5 Å². The fourth-order valence-electron chi connectivity index (χ4n) is 3.54. The van der Waals surface area contributed by atoms with Crippen LogP contribution in [0.25, 0.3) is 11.2 Å². The Morgan fingerprint density at radius 2 is 2.06 bits per heavy atom. The largest absolute Gasteiger partial charge is 0.435 e. The third kappa shape index (κ3) is 5.30. The Morgan fingerprint density at radius 1 is 1.29 bits per heavy atom. The van der Waals surface area contributed by atoms with E-state index in [1.807, 2.05) is 20.8 Å². The summed E-state index contributed by atoms with van der Waals surface area (Å²) >= 11 is 0. The van der Waals surface area contributed by atoms with Gasteiger partial charge in [-0.3, -0.25) is 10.2 Å². The normalized spacial score (nSPS) is 14.2. The molecule has 1 aromatic carbocycles. The molecule has 1 fully saturated rings. The number of nitrogens with zero attached hydrogens (tertiary/aromatic N) is 2. The van der Waals surface area contributed by atoms with Crippen LogP contribution in [-0.4, -0.2) is 58.4 Å². The molecular weight excluding hydrogens is 444 g/mol. The van der Waals surface area contributed by atoms with E-state index in [0.717, 1.165) is 13.1 Å². The maximum atomic E-state index is 12.8. The van der Waals surface area contributed by atoms with Crippen LogP contribution in [0.5, 0.6) is 5.75 Å². The maximum absolute atomic E-state index is 12.8. The molecule has 4 rings (SSSR count). The molecule has 11 heteroatoms. The molecule has 0 unspecified atom stereocenters. The quantitative estimate of drug-likeness (QED) is 0.321. The number of aromatic nitrogens is 3. The molecule has 0 aliphatic carbocycles. The second-order valence-electron chi connectivity index (χ2n) is 9.22. The van der Waals surface area contributed by atoms with Crippen LogP contribution in [0.3, 0.4) is 0 Å². The van der Waals surface area contributed by atoms with Crippen molar-refractivity contribution in [2.75, 3.05) is 25.0 Å². The minimum absolute atomic E-state index is 0.0354. The maximum Gasteiger partial charge on any atom is 0.387 e. The molecule has 2 aromatic heterocycles. The number of anilines is 1. The number of fused-ring (bicyclic) bond motifs is 1. The molecule has 0 bridgehead atoms. The zero-order valence-corrected chi connectivity index (χ0v) is 19.1. The number of carbonyl (C=O) groups is 1. The number of hydrogen-bond acceptors (Lipinski definition) is 7. The van der Waals surface area contributed by atoms with Crippen molar-refractivity contribution < 1.29 is 18.3 Å². The lowest BCUT2D eigenvalue weighted by Crippen LogP contribution is -2.45. The summed E-state index contributed by atoms with van der Waals surface area (Å²) in [7, 11) is 0. The van der Waals surface area contributed by atoms with E-state index in [1.54, 1.807) is 6.07 Å². The van der Waals surface area contributed by atoms with Gasteiger partial charge in [0.15, 0.2) is 5.65 Å². The van der Waals surface area contributed by atoms with Crippen LogP contribution in [0.1, 0.15) is 42.4 Å². The average Bonchev–Trinajstić information content (AvgIpc) is 3.14. The van der Waals surface area contributed by atoms with Crippen molar-refractivity contribution in [2.24, 2.45) is 5.92 Å². The number of H-pyrrole nitrogens is 1. The van der Waals surface area contributed by atoms with Crippen LogP contribution >= 0.6 is 0 Å². The van der Waals surface area contributed by atoms with Crippen LogP contribution < -0.4 is 20.7 Å². The molecule has 0 atom stereocenters. The molecule has 3 aromatic rings. The van der Waals surface area contributed by atoms with Crippen LogP contribution in [0.15, 0.2) is 30.6 Å². The number of rotatable bonds is 8. The fraction of sp³-hybridized carbons (Fsp3) is 0.391. The Balaban J connectivity index is 1.68. The van der Waals surface area contributed by atoms with Gasteiger partial charge in [0.05, 0.1) is 17.5 Å². The number of aromatic amines is 1. The highest BCUT2D eigenvalue weighted by atomic mass is 19.3. The van der Waals surface area contributed by atoms with E-state index in [0.29, 0.717) is 40.4 Å². The Hall–Kier alpha value is -3.60. The topological polar surface area (TPSA) is 128 Å². The first-order valence-corrected chi connectivity index (χ1v) is 10.9. The Kier molecular flexibility index (Phi) is 6.47. The van der Waals surface area contributed by atoms with E-state index in [4.69, 9.17) is 5.41 Å². The van der Waals surface area contributed by atoms with Gasteiger partial charge in [-0.15, -0.1) is 0 Å². The molecule has 0 spiro atoms. The van der Waals surface area contributed by atoms with Gasteiger partial charge in [-0.1, -0.05) is 0 Å². The van der Waals surface area contributed by atoms with Gasteiger partial charge in [-0.05, 0) is 39.0 Å². The number of halogens is 2. The van der Waals surface area contributed by atoms with Crippen molar-refractivity contribution in [1.29, 1.82) is 5.41 Å². The zero-order valence-electron chi connectivity index (χ0n) is 19.1. The number of nitrogens with one attached hydrogen (secondary N) is 5. The van der Waals surface area contributed by atoms with Crippen molar-refractivity contribution in [2.45, 2.75) is 32.9 Å². The third-order valence-corrected chi connectivity index (χ3v) is 5.30. The molecule has 180 valence electrons. The molecule has 34 heavy (non-hydrogen) atoms. The zero-order chi connectivity index (χ0) is 24.5. The third-order valence-electron chi connectivity index (χ3n) is 5.30. The predicted molar refractivity (Wildman–Crippen MR) is 125 cm³/mol. The molecule has 0 radical (unpaired) electrons. The number of amides is 1. The SMILES string of the molecule is CC(C)(C)NC(=O)c1c[nH]c2ncc(C(=N)c3cc(OC(F)F)ccc3NCC3CNC3)nc12. The molecule has 3 heterocycles. The van der Waals surface area contributed by atoms with Crippen LogP contribution in [0.2, 0.25) is 0 Å². The molecule has 1 saturated heterocycles. The Bertz CT molecular complexity index is 1220. The van der Waals surface area contributed by atoms with E-state index in [9.17, 15) is 13.6 Å². The van der Waals surface area contributed by atoms with E-state index < -0.39 is 12.2 Å². The highest BCUT2D eigenvalue weighted by Crippen LogP contribution is 2.27. The summed E-state index contributed by atoms with van der Waals surface area (Å²) in [5.74, 6) is 0.0611. The van der Waals surface area contributed by atoms with E-state index in [-0.39, 0.29) is 23.1 Å². The number of ether oxygens (including phenoxy) is 1. The van der Waals surface area contributed by atoms with Gasteiger partial charge >= 0.3 is 6.61 Å². The van der Waals surface area contributed by atoms with Gasteiger partial charge in [0.1, 0.15) is 17.0 Å². The number of alkyl halides is 2. The standard InChI is InChI=1S/C23H27F2N7O2/c1-23(2,3)32-21(33)15-10-29-20-19(15)31-17(11-30-20)18(26)14-6-13(34-22(24)25)4-5-16(14)28-9-12-7-27-8-12/h4-6,10-12,22,26-28H,7-9H2,1-3H3,(H,29,30)(H,32,33). The van der Waals surface area contributed by atoms with Crippen LogP contribution in [0.4, 0.5) is 14.5 Å². The first kappa shape index (κ1) is 23.6. The lowest BCUT2D eigenvalue weighted by molar-refractivity contribution is -0.0498. The fourth-order valence-corrected chi connectivity index (χ4v) is 3.54. The predicted octanol–water partition coefficient (Wildman–Crippen LogP) is 3.14. The number of benzene rings is 1. The van der Waals surface area contributed by atoms with Crippen LogP contribution in [-0.2, 0) is 0 Å². The number of hydrogen-bond donors (Lipinski definition) is 5. The smallest absolute Gasteiger partial charge is 0.387 e. The van der Waals surface area contributed by atoms with Crippen molar-refractivity contribution in [3.63, 3.8) is 0 Å². The van der Waals surface area contributed by atoms with Crippen molar-refractivity contribution in [3.05, 3.63) is 47.4 Å². The molecule has 9 nitrogen and oxygen atoms in total. The lowest BCUT2D eigenvalue weighted by atomic mass is 10.0. The molecular formula is C23H27F2N7O2. The van der Waals surface area contributed by atoms with E-state index in [2.05, 4.69) is 35.6 Å². The van der Waals surface area contributed by atoms with E-state index >= 15 is 0 Å². The van der Waals surface area contributed by atoms with Gasteiger partial charge in [0, 0.05) is 48.5 Å². The summed E-state index contributed by atoms with van der Waals surface area (Å²) in [6.07, 6.45) is 2.93. The van der Waals surface area contributed by atoms with Gasteiger partial charge in [0.25, 0.3) is 5.91 Å². The van der Waals surface area contributed by atoms with E-state index in [1.165, 1.54) is 24.5 Å². The second kappa shape index (κ2) is 9.34. The van der Waals surface area contributed by atoms with Gasteiger partial charge in [-0.2, -0.15) is 8.78 Å². The summed E-state index contributed by atoms with van der Waals surface area (Å²) < 4.78 is 30.1. The van der Waals surface area contributed by atoms with Crippen molar-refractivity contribution in [1.82, 2.24) is 25.6 Å². The molecule has 1 amide bonds. The highest BCUT2D eigenvalue weighted by Gasteiger charge is 2.22. The van der Waals surface area contributed by atoms with Gasteiger partial charge in [0.2, 0.25) is 0 Å². The minimum Gasteiger partial charge on any atom is -0.435 e. The van der Waals surface area contributed by atoms with Crippen LogP contribution in [0, 0.1) is 11.3 Å². The Morgan fingerprint density at radius 3 is 2.71 bits per heavy atom. The first-order chi connectivity index (χ1) is 16.1. The average molecular weight is 472 g/mol. The summed E-state index contributed by atoms with van der Waals surface area (Å²) in [4.78, 5) is 24.5. The monoisotopic (exact) mass is 471 g/mol. The number of carbonyl (C=O) groups excluding carboxylic acids is 1. The molecule has 0 saturated carbocycles.